The van der Waals surface area contributed by atoms with Gasteiger partial charge in [-0.2, -0.15) is 0 Å². The van der Waals surface area contributed by atoms with Gasteiger partial charge in [-0.15, -0.1) is 0 Å². The third-order valence-electron chi connectivity index (χ3n) is 2.33. The molecule has 0 atom stereocenters. The van der Waals surface area contributed by atoms with Crippen LogP contribution >= 0.6 is 0 Å². The Balaban J connectivity index is 1.69. The molecule has 0 aliphatic carbocycles. The molecular weight excluding hydrogens is 216 g/mol. The van der Waals surface area contributed by atoms with Crippen LogP contribution in [0.2, 0.25) is 0 Å². The van der Waals surface area contributed by atoms with Crippen LogP contribution in [0.4, 0.5) is 0 Å². The summed E-state index contributed by atoms with van der Waals surface area (Å²) in [6.45, 7) is 0.677. The molecule has 1 heterocycles. The monoisotopic (exact) mass is 230 g/mol. The van der Waals surface area contributed by atoms with Crippen molar-refractivity contribution in [2.45, 2.75) is 6.42 Å². The lowest BCUT2D eigenvalue weighted by Gasteiger charge is -2.05. The first-order valence-electron chi connectivity index (χ1n) is 5.47. The second-order valence-electron chi connectivity index (χ2n) is 3.59. The number of nitrogens with one attached hydrogen (secondary N) is 2. The molecule has 4 nitrogen and oxygen atoms in total. The van der Waals surface area contributed by atoms with Gasteiger partial charge >= 0.3 is 5.91 Å². The van der Waals surface area contributed by atoms with E-state index in [9.17, 15) is 4.79 Å². The maximum Gasteiger partial charge on any atom is 0.301 e. The Morgan fingerprint density at radius 2 is 1.94 bits per heavy atom. The summed E-state index contributed by atoms with van der Waals surface area (Å²) in [6, 6.07) is 13.4. The van der Waals surface area contributed by atoms with E-state index >= 15 is 0 Å². The highest BCUT2D eigenvalue weighted by molar-refractivity contribution is 5.90. The van der Waals surface area contributed by atoms with Crippen LogP contribution in [0, 0.1) is 0 Å². The number of hydrogen-bond donors (Lipinski definition) is 2. The normalized spacial score (nSPS) is 10.1. The SMILES string of the molecule is O=C(NNCCc1ccccc1)c1ccco1. The number of hydrazine groups is 1. The average Bonchev–Trinajstić information content (AvgIpc) is 2.89. The highest BCUT2D eigenvalue weighted by Crippen LogP contribution is 1.99. The number of carbonyl (C=O) groups excluding carboxylic acids is 1. The van der Waals surface area contributed by atoms with Crippen molar-refractivity contribution in [2.75, 3.05) is 6.54 Å². The molecule has 2 rings (SSSR count). The maximum atomic E-state index is 11.4. The van der Waals surface area contributed by atoms with Gasteiger partial charge in [-0.1, -0.05) is 30.3 Å². The summed E-state index contributed by atoms with van der Waals surface area (Å²) in [7, 11) is 0. The highest BCUT2D eigenvalue weighted by Gasteiger charge is 2.06. The van der Waals surface area contributed by atoms with E-state index in [-0.39, 0.29) is 5.91 Å². The van der Waals surface area contributed by atoms with E-state index in [0.717, 1.165) is 6.42 Å². The fraction of sp³-hybridized carbons (Fsp3) is 0.154. The fourth-order valence-electron chi connectivity index (χ4n) is 1.46. The molecule has 0 bridgehead atoms. The van der Waals surface area contributed by atoms with Crippen LogP contribution in [0.25, 0.3) is 0 Å². The van der Waals surface area contributed by atoms with Crippen LogP contribution in [0.5, 0.6) is 0 Å². The van der Waals surface area contributed by atoms with Crippen molar-refractivity contribution in [3.63, 3.8) is 0 Å². The van der Waals surface area contributed by atoms with E-state index in [0.29, 0.717) is 12.3 Å². The highest BCUT2D eigenvalue weighted by atomic mass is 16.3. The zero-order chi connectivity index (χ0) is 11.9. The van der Waals surface area contributed by atoms with Crippen LogP contribution in [-0.2, 0) is 6.42 Å². The Bertz CT molecular complexity index is 452. The van der Waals surface area contributed by atoms with Gasteiger partial charge in [0, 0.05) is 6.54 Å². The van der Waals surface area contributed by atoms with Crippen molar-refractivity contribution in [1.82, 2.24) is 10.9 Å². The third-order valence-corrected chi connectivity index (χ3v) is 2.33. The molecule has 0 spiro atoms. The predicted molar refractivity (Wildman–Crippen MR) is 64.3 cm³/mol. The molecule has 0 unspecified atom stereocenters. The quantitative estimate of drug-likeness (QED) is 0.608. The van der Waals surface area contributed by atoms with Gasteiger partial charge in [0.2, 0.25) is 0 Å². The first kappa shape index (κ1) is 11.4. The van der Waals surface area contributed by atoms with Gasteiger partial charge in [0.15, 0.2) is 5.76 Å². The second kappa shape index (κ2) is 5.86. The molecular formula is C13H14N2O2. The molecule has 0 radical (unpaired) electrons. The molecule has 1 aromatic heterocycles. The van der Waals surface area contributed by atoms with Crippen LogP contribution in [0.15, 0.2) is 53.1 Å². The minimum Gasteiger partial charge on any atom is -0.459 e. The van der Waals surface area contributed by atoms with Crippen LogP contribution in [0.3, 0.4) is 0 Å². The molecule has 88 valence electrons. The number of rotatable bonds is 5. The minimum atomic E-state index is -0.261. The van der Waals surface area contributed by atoms with Crippen molar-refractivity contribution >= 4 is 5.91 Å². The minimum absolute atomic E-state index is 0.261. The Hall–Kier alpha value is -2.07. The van der Waals surface area contributed by atoms with E-state index < -0.39 is 0 Å². The molecule has 0 saturated carbocycles. The van der Waals surface area contributed by atoms with Gasteiger partial charge in [0.1, 0.15) is 0 Å². The van der Waals surface area contributed by atoms with Crippen molar-refractivity contribution in [3.05, 3.63) is 60.1 Å². The summed E-state index contributed by atoms with van der Waals surface area (Å²) in [5, 5.41) is 0. The third kappa shape index (κ3) is 3.46. The van der Waals surface area contributed by atoms with Crippen LogP contribution in [-0.4, -0.2) is 12.5 Å². The van der Waals surface area contributed by atoms with Crippen molar-refractivity contribution in [2.24, 2.45) is 0 Å². The van der Waals surface area contributed by atoms with Gasteiger partial charge in [0.25, 0.3) is 0 Å². The predicted octanol–water partition coefficient (Wildman–Crippen LogP) is 1.76. The molecule has 2 aromatic rings. The lowest BCUT2D eigenvalue weighted by molar-refractivity contribution is 0.0905. The second-order valence-corrected chi connectivity index (χ2v) is 3.59. The molecule has 17 heavy (non-hydrogen) atoms. The Labute approximate surface area is 99.6 Å². The zero-order valence-corrected chi connectivity index (χ0v) is 9.35. The first-order chi connectivity index (χ1) is 8.36. The van der Waals surface area contributed by atoms with E-state index in [1.54, 1.807) is 12.1 Å². The van der Waals surface area contributed by atoms with Crippen molar-refractivity contribution in [3.8, 4) is 0 Å². The van der Waals surface area contributed by atoms with E-state index in [4.69, 9.17) is 4.42 Å². The molecule has 0 saturated heterocycles. The molecule has 0 aliphatic heterocycles. The van der Waals surface area contributed by atoms with E-state index in [2.05, 4.69) is 23.0 Å². The summed E-state index contributed by atoms with van der Waals surface area (Å²) in [5.74, 6) is 0.0419. The summed E-state index contributed by atoms with van der Waals surface area (Å²) in [6.07, 6.45) is 2.33. The zero-order valence-electron chi connectivity index (χ0n) is 9.35. The summed E-state index contributed by atoms with van der Waals surface area (Å²) >= 11 is 0. The Morgan fingerprint density at radius 1 is 1.12 bits per heavy atom. The molecule has 1 aromatic carbocycles. The Morgan fingerprint density at radius 3 is 2.65 bits per heavy atom. The van der Waals surface area contributed by atoms with Gasteiger partial charge in [0.05, 0.1) is 6.26 Å². The Kier molecular flexibility index (Phi) is 3.94. The molecule has 1 amide bonds. The van der Waals surface area contributed by atoms with Gasteiger partial charge in [-0.3, -0.25) is 10.2 Å². The number of amides is 1. The number of carbonyl (C=O) groups is 1. The smallest absolute Gasteiger partial charge is 0.301 e. The maximum absolute atomic E-state index is 11.4. The molecule has 4 heteroatoms. The topological polar surface area (TPSA) is 54.3 Å². The summed E-state index contributed by atoms with van der Waals surface area (Å²) in [5.41, 5.74) is 6.66. The largest absolute Gasteiger partial charge is 0.459 e. The first-order valence-corrected chi connectivity index (χ1v) is 5.47. The molecule has 0 fully saturated rings. The molecule has 2 N–H and O–H groups in total. The van der Waals surface area contributed by atoms with Gasteiger partial charge < -0.3 is 4.42 Å². The van der Waals surface area contributed by atoms with E-state index in [1.807, 2.05) is 18.2 Å². The lowest BCUT2D eigenvalue weighted by atomic mass is 10.2. The van der Waals surface area contributed by atoms with Crippen LogP contribution in [0.1, 0.15) is 16.1 Å². The summed E-state index contributed by atoms with van der Waals surface area (Å²) in [4.78, 5) is 11.4. The average molecular weight is 230 g/mol. The lowest BCUT2D eigenvalue weighted by Crippen LogP contribution is -2.38. The number of hydrogen-bond acceptors (Lipinski definition) is 3. The van der Waals surface area contributed by atoms with E-state index in [1.165, 1.54) is 11.8 Å². The number of benzene rings is 1. The van der Waals surface area contributed by atoms with Crippen LogP contribution < -0.4 is 10.9 Å². The molecule has 0 aliphatic rings. The van der Waals surface area contributed by atoms with Crippen molar-refractivity contribution < 1.29 is 9.21 Å². The fourth-order valence-corrected chi connectivity index (χ4v) is 1.46. The standard InChI is InChI=1S/C13H14N2O2/c16-13(12-7-4-10-17-12)15-14-9-8-11-5-2-1-3-6-11/h1-7,10,14H,8-9H2,(H,15,16). The number of furan rings is 1. The van der Waals surface area contributed by atoms with Gasteiger partial charge in [-0.25, -0.2) is 5.43 Å². The summed E-state index contributed by atoms with van der Waals surface area (Å²) < 4.78 is 4.96. The van der Waals surface area contributed by atoms with Crippen molar-refractivity contribution in [1.29, 1.82) is 0 Å². The van der Waals surface area contributed by atoms with Gasteiger partial charge in [-0.05, 0) is 24.1 Å².